The van der Waals surface area contributed by atoms with Crippen molar-refractivity contribution in [3.63, 3.8) is 0 Å². The number of nitrogens with zero attached hydrogens (tertiary/aromatic N) is 2. The number of carbonyl (C=O) groups excluding carboxylic acids is 2. The van der Waals surface area contributed by atoms with Gasteiger partial charge in [-0.25, -0.2) is 4.98 Å². The number of aromatic amines is 1. The standard InChI is InChI=1S/C31H31N3O6/c1-5-39-25-16-20(12-15-24(25)38-4)27-26(28(35)19-10-13-21(14-11-19)40-17-18(2)3)29(36)30(37)34(27)31-32-22-8-6-7-9-23(22)33-31/h6-16,18,27,35H,5,17H2,1-4H3,(H,32,33)/b28-26+. The topological polar surface area (TPSA) is 114 Å². The SMILES string of the molecule is CCOc1cc(C2/C(=C(\O)c3ccc(OCC(C)C)cc3)C(=O)C(=O)N2c2nc3ccccc3[nH]2)ccc1OC. The van der Waals surface area contributed by atoms with Crippen LogP contribution in [0.4, 0.5) is 5.95 Å². The molecule has 2 N–H and O–H groups in total. The molecule has 0 aliphatic carbocycles. The molecule has 1 aliphatic rings. The summed E-state index contributed by atoms with van der Waals surface area (Å²) in [6.45, 7) is 6.89. The largest absolute Gasteiger partial charge is 0.507 e. The molecule has 40 heavy (non-hydrogen) atoms. The third-order valence-corrected chi connectivity index (χ3v) is 6.56. The molecule has 0 bridgehead atoms. The maximum Gasteiger partial charge on any atom is 0.302 e. The van der Waals surface area contributed by atoms with Crippen molar-refractivity contribution in [3.8, 4) is 17.2 Å². The molecule has 2 heterocycles. The van der Waals surface area contributed by atoms with Gasteiger partial charge in [0.05, 0.1) is 43.0 Å². The molecule has 1 aromatic heterocycles. The van der Waals surface area contributed by atoms with Crippen molar-refractivity contribution < 1.29 is 28.9 Å². The lowest BCUT2D eigenvalue weighted by Gasteiger charge is -2.24. The average Bonchev–Trinajstić information content (AvgIpc) is 3.50. The summed E-state index contributed by atoms with van der Waals surface area (Å²) in [6, 6.07) is 18.3. The van der Waals surface area contributed by atoms with Crippen LogP contribution >= 0.6 is 0 Å². The average molecular weight is 542 g/mol. The molecule has 5 rings (SSSR count). The van der Waals surface area contributed by atoms with E-state index in [0.29, 0.717) is 58.5 Å². The fourth-order valence-electron chi connectivity index (χ4n) is 4.68. The summed E-state index contributed by atoms with van der Waals surface area (Å²) in [5, 5.41) is 11.5. The third-order valence-electron chi connectivity index (χ3n) is 6.56. The first-order chi connectivity index (χ1) is 19.3. The highest BCUT2D eigenvalue weighted by Crippen LogP contribution is 2.44. The number of aliphatic hydroxyl groups is 1. The van der Waals surface area contributed by atoms with Crippen LogP contribution in [0.5, 0.6) is 17.2 Å². The predicted molar refractivity (Wildman–Crippen MR) is 152 cm³/mol. The number of amides is 1. The molecular weight excluding hydrogens is 510 g/mol. The molecule has 9 nitrogen and oxygen atoms in total. The summed E-state index contributed by atoms with van der Waals surface area (Å²) in [4.78, 5) is 36.1. The second-order valence-electron chi connectivity index (χ2n) is 9.82. The number of hydrogen-bond acceptors (Lipinski definition) is 7. The Bertz CT molecular complexity index is 1560. The fraction of sp³-hybridized carbons (Fsp3) is 0.258. The quantitative estimate of drug-likeness (QED) is 0.160. The highest BCUT2D eigenvalue weighted by molar-refractivity contribution is 6.51. The molecule has 1 atom stereocenters. The Morgan fingerprint density at radius 1 is 1.02 bits per heavy atom. The number of para-hydroxylation sites is 2. The molecule has 1 aliphatic heterocycles. The summed E-state index contributed by atoms with van der Waals surface area (Å²) in [5.41, 5.74) is 2.21. The van der Waals surface area contributed by atoms with Crippen LogP contribution < -0.4 is 19.1 Å². The number of fused-ring (bicyclic) bond motifs is 1. The van der Waals surface area contributed by atoms with Gasteiger partial charge in [-0.15, -0.1) is 0 Å². The van der Waals surface area contributed by atoms with E-state index in [1.54, 1.807) is 42.5 Å². The number of carbonyl (C=O) groups is 2. The Kier molecular flexibility index (Phi) is 7.46. The van der Waals surface area contributed by atoms with Crippen molar-refractivity contribution in [1.29, 1.82) is 0 Å². The van der Waals surface area contributed by atoms with Crippen molar-refractivity contribution >= 4 is 34.4 Å². The first kappa shape index (κ1) is 26.8. The summed E-state index contributed by atoms with van der Waals surface area (Å²) in [6.07, 6.45) is 0. The smallest absolute Gasteiger partial charge is 0.302 e. The molecule has 206 valence electrons. The number of aromatic nitrogens is 2. The van der Waals surface area contributed by atoms with Gasteiger partial charge in [-0.1, -0.05) is 32.0 Å². The normalized spacial score (nSPS) is 16.6. The van der Waals surface area contributed by atoms with E-state index in [4.69, 9.17) is 14.2 Å². The highest BCUT2D eigenvalue weighted by Gasteiger charge is 2.48. The summed E-state index contributed by atoms with van der Waals surface area (Å²) in [7, 11) is 1.53. The number of hydrogen-bond donors (Lipinski definition) is 2. The van der Waals surface area contributed by atoms with Crippen LogP contribution in [0.25, 0.3) is 16.8 Å². The Balaban J connectivity index is 1.65. The van der Waals surface area contributed by atoms with Crippen molar-refractivity contribution in [2.24, 2.45) is 5.92 Å². The lowest BCUT2D eigenvalue weighted by atomic mass is 9.95. The molecule has 0 radical (unpaired) electrons. The van der Waals surface area contributed by atoms with E-state index in [1.807, 2.05) is 31.2 Å². The van der Waals surface area contributed by atoms with Gasteiger partial charge in [0.25, 0.3) is 5.78 Å². The van der Waals surface area contributed by atoms with E-state index >= 15 is 0 Å². The first-order valence-corrected chi connectivity index (χ1v) is 13.1. The summed E-state index contributed by atoms with van der Waals surface area (Å²) < 4.78 is 17.0. The van der Waals surface area contributed by atoms with E-state index in [-0.39, 0.29) is 17.3 Å². The number of anilines is 1. The number of nitrogens with one attached hydrogen (secondary N) is 1. The molecule has 1 saturated heterocycles. The lowest BCUT2D eigenvalue weighted by molar-refractivity contribution is -0.132. The maximum atomic E-state index is 13.5. The molecule has 0 spiro atoms. The van der Waals surface area contributed by atoms with Gasteiger partial charge in [-0.3, -0.25) is 14.5 Å². The van der Waals surface area contributed by atoms with E-state index in [0.717, 1.165) is 0 Å². The number of imidazole rings is 1. The van der Waals surface area contributed by atoms with Gasteiger partial charge < -0.3 is 24.3 Å². The number of H-pyrrole nitrogens is 1. The van der Waals surface area contributed by atoms with E-state index in [9.17, 15) is 14.7 Å². The lowest BCUT2D eigenvalue weighted by Crippen LogP contribution is -2.30. The van der Waals surface area contributed by atoms with Crippen LogP contribution in [0.15, 0.2) is 72.3 Å². The number of aliphatic hydroxyl groups excluding tert-OH is 1. The zero-order valence-corrected chi connectivity index (χ0v) is 22.8. The minimum absolute atomic E-state index is 0.0612. The number of ether oxygens (including phenoxy) is 3. The molecule has 0 saturated carbocycles. The van der Waals surface area contributed by atoms with Crippen LogP contribution in [0, 0.1) is 5.92 Å². The predicted octanol–water partition coefficient (Wildman–Crippen LogP) is 5.63. The number of rotatable bonds is 9. The monoisotopic (exact) mass is 541 g/mol. The third kappa shape index (κ3) is 4.98. The Hall–Kier alpha value is -4.79. The molecule has 4 aromatic rings. The van der Waals surface area contributed by atoms with Crippen LogP contribution in [-0.4, -0.2) is 47.1 Å². The first-order valence-electron chi connectivity index (χ1n) is 13.1. The number of ketones is 1. The zero-order chi connectivity index (χ0) is 28.4. The van der Waals surface area contributed by atoms with Gasteiger partial charge >= 0.3 is 5.91 Å². The Labute approximate surface area is 232 Å². The number of methoxy groups -OCH3 is 1. The van der Waals surface area contributed by atoms with Gasteiger partial charge in [-0.05, 0) is 66.9 Å². The Morgan fingerprint density at radius 2 is 1.77 bits per heavy atom. The Morgan fingerprint density at radius 3 is 2.45 bits per heavy atom. The van der Waals surface area contributed by atoms with Gasteiger partial charge in [0.1, 0.15) is 11.5 Å². The minimum atomic E-state index is -0.984. The number of Topliss-reactive ketones (excluding diaryl/α,β-unsaturated/α-hetero) is 1. The van der Waals surface area contributed by atoms with Crippen LogP contribution in [-0.2, 0) is 9.59 Å². The van der Waals surface area contributed by atoms with Gasteiger partial charge in [0.2, 0.25) is 5.95 Å². The molecular formula is C31H31N3O6. The molecule has 1 amide bonds. The minimum Gasteiger partial charge on any atom is -0.507 e. The maximum absolute atomic E-state index is 13.5. The van der Waals surface area contributed by atoms with Gasteiger partial charge in [0, 0.05) is 5.56 Å². The van der Waals surface area contributed by atoms with Crippen LogP contribution in [0.3, 0.4) is 0 Å². The summed E-state index contributed by atoms with van der Waals surface area (Å²) in [5.74, 6) is 0.208. The second-order valence-corrected chi connectivity index (χ2v) is 9.82. The van der Waals surface area contributed by atoms with E-state index < -0.39 is 17.7 Å². The van der Waals surface area contributed by atoms with Crippen molar-refractivity contribution in [2.75, 3.05) is 25.2 Å². The van der Waals surface area contributed by atoms with Gasteiger partial charge in [-0.2, -0.15) is 0 Å². The zero-order valence-electron chi connectivity index (χ0n) is 22.8. The fourth-order valence-corrected chi connectivity index (χ4v) is 4.68. The molecule has 3 aromatic carbocycles. The van der Waals surface area contributed by atoms with Crippen molar-refractivity contribution in [3.05, 3.63) is 83.4 Å². The number of benzene rings is 3. The molecule has 9 heteroatoms. The molecule has 1 fully saturated rings. The van der Waals surface area contributed by atoms with E-state index in [1.165, 1.54) is 12.0 Å². The summed E-state index contributed by atoms with van der Waals surface area (Å²) >= 11 is 0. The van der Waals surface area contributed by atoms with Crippen molar-refractivity contribution in [2.45, 2.75) is 26.8 Å². The van der Waals surface area contributed by atoms with Gasteiger partial charge in [0.15, 0.2) is 11.5 Å². The van der Waals surface area contributed by atoms with Crippen LogP contribution in [0.1, 0.15) is 37.9 Å². The van der Waals surface area contributed by atoms with E-state index in [2.05, 4.69) is 23.8 Å². The van der Waals surface area contributed by atoms with Crippen LogP contribution in [0.2, 0.25) is 0 Å². The highest BCUT2D eigenvalue weighted by atomic mass is 16.5. The second kappa shape index (κ2) is 11.1. The molecule has 1 unspecified atom stereocenters. The van der Waals surface area contributed by atoms with Crippen molar-refractivity contribution in [1.82, 2.24) is 9.97 Å².